The van der Waals surface area contributed by atoms with E-state index in [9.17, 15) is 5.11 Å². The molecule has 0 radical (unpaired) electrons. The van der Waals surface area contributed by atoms with Gasteiger partial charge in [-0.15, -0.1) is 0 Å². The topological polar surface area (TPSA) is 20.2 Å². The summed E-state index contributed by atoms with van der Waals surface area (Å²) in [6.07, 6.45) is 31.5. The van der Waals surface area contributed by atoms with E-state index < -0.39 is 0 Å². The van der Waals surface area contributed by atoms with Gasteiger partial charge < -0.3 is 5.11 Å². The van der Waals surface area contributed by atoms with Crippen molar-refractivity contribution in [2.45, 2.75) is 196 Å². The molecule has 1 rings (SSSR count). The van der Waals surface area contributed by atoms with Crippen LogP contribution in [-0.4, -0.2) is 5.11 Å². The Morgan fingerprint density at radius 3 is 0.949 bits per heavy atom. The number of phenolic OH excluding ortho intramolecular Hbond substituents is 1. The van der Waals surface area contributed by atoms with Gasteiger partial charge in [-0.2, -0.15) is 0 Å². The zero-order valence-electron chi connectivity index (χ0n) is 27.6. The molecule has 0 bridgehead atoms. The number of hydrogen-bond donors (Lipinski definition) is 1. The Hall–Kier alpha value is -0.980. The summed E-state index contributed by atoms with van der Waals surface area (Å²) < 4.78 is 0. The van der Waals surface area contributed by atoms with Gasteiger partial charge in [0.15, 0.2) is 0 Å². The summed E-state index contributed by atoms with van der Waals surface area (Å²) in [6, 6.07) is 6.60. The maximum Gasteiger partial charge on any atom is 0.121 e. The van der Waals surface area contributed by atoms with E-state index in [0.29, 0.717) is 16.6 Å². The highest BCUT2D eigenvalue weighted by atomic mass is 16.3. The van der Waals surface area contributed by atoms with Crippen LogP contribution in [-0.2, 0) is 12.8 Å². The number of rotatable bonds is 26. The van der Waals surface area contributed by atoms with Crippen LogP contribution >= 0.6 is 0 Å². The summed E-state index contributed by atoms with van der Waals surface area (Å²) in [5, 5.41) is 11.3. The largest absolute Gasteiger partial charge is 0.507 e. The smallest absolute Gasteiger partial charge is 0.121 e. The first kappa shape index (κ1) is 36.0. The van der Waals surface area contributed by atoms with Crippen molar-refractivity contribution < 1.29 is 5.11 Å². The molecule has 1 aromatic rings. The molecule has 0 saturated carbocycles. The lowest BCUT2D eigenvalue weighted by molar-refractivity contribution is 0.177. The van der Waals surface area contributed by atoms with Gasteiger partial charge >= 0.3 is 0 Å². The monoisotopic (exact) mass is 543 g/mol. The molecule has 0 spiro atoms. The maximum atomic E-state index is 11.3. The second kappa shape index (κ2) is 21.7. The van der Waals surface area contributed by atoms with Crippen LogP contribution in [0.1, 0.15) is 194 Å². The third-order valence-electron chi connectivity index (χ3n) is 9.87. The van der Waals surface area contributed by atoms with Gasteiger partial charge in [0.2, 0.25) is 0 Å². The van der Waals surface area contributed by atoms with E-state index in [4.69, 9.17) is 0 Å². The Bertz CT molecular complexity index is 605. The highest BCUT2D eigenvalue weighted by Gasteiger charge is 2.29. The van der Waals surface area contributed by atoms with Crippen LogP contribution in [0, 0.1) is 10.8 Å². The molecule has 0 atom stereocenters. The molecule has 228 valence electrons. The quantitative estimate of drug-likeness (QED) is 0.123. The number of phenols is 1. The second-order valence-corrected chi connectivity index (χ2v) is 13.3. The van der Waals surface area contributed by atoms with E-state index in [1.54, 1.807) is 0 Å². The first-order valence-corrected chi connectivity index (χ1v) is 17.7. The van der Waals surface area contributed by atoms with Crippen molar-refractivity contribution in [1.29, 1.82) is 0 Å². The van der Waals surface area contributed by atoms with Gasteiger partial charge in [0, 0.05) is 0 Å². The first-order valence-electron chi connectivity index (χ1n) is 17.7. The summed E-state index contributed by atoms with van der Waals surface area (Å²) in [4.78, 5) is 0. The molecule has 1 heteroatoms. The summed E-state index contributed by atoms with van der Waals surface area (Å²) in [7, 11) is 0. The van der Waals surface area contributed by atoms with Crippen molar-refractivity contribution in [2.24, 2.45) is 10.8 Å². The molecule has 0 aromatic heterocycles. The summed E-state index contributed by atoms with van der Waals surface area (Å²) in [5.41, 5.74) is 3.43. The molecule has 1 nitrogen and oxygen atoms in total. The van der Waals surface area contributed by atoms with Crippen LogP contribution in [0.3, 0.4) is 0 Å². The molecule has 0 aliphatic heterocycles. The van der Waals surface area contributed by atoms with Crippen molar-refractivity contribution in [3.8, 4) is 5.75 Å². The number of aromatic hydroxyl groups is 1. The molecule has 1 N–H and O–H groups in total. The van der Waals surface area contributed by atoms with Crippen molar-refractivity contribution in [3.05, 3.63) is 29.3 Å². The standard InChI is InChI=1S/C38H70O/c1-7-13-26-37(27-14-8-2,28-15-9-3)32-20-24-34-22-19-23-35(36(34)39)25-21-33-38(29-16-10-4,30-17-11-5)31-18-12-6/h19,22-23,39H,7-18,20-21,24-33H2,1-6H3. The molecule has 0 fully saturated rings. The molecule has 0 heterocycles. The Morgan fingerprint density at radius 1 is 0.436 bits per heavy atom. The third-order valence-corrected chi connectivity index (χ3v) is 9.87. The van der Waals surface area contributed by atoms with Gasteiger partial charge in [-0.25, -0.2) is 0 Å². The predicted octanol–water partition coefficient (Wildman–Crippen LogP) is 13.2. The fraction of sp³-hybridized carbons (Fsp3) is 0.842. The van der Waals surface area contributed by atoms with Gasteiger partial charge in [0.1, 0.15) is 5.75 Å². The van der Waals surface area contributed by atoms with E-state index in [-0.39, 0.29) is 0 Å². The average molecular weight is 543 g/mol. The maximum absolute atomic E-state index is 11.3. The zero-order valence-corrected chi connectivity index (χ0v) is 27.6. The number of aryl methyl sites for hydroxylation is 2. The van der Waals surface area contributed by atoms with E-state index in [1.807, 2.05) is 0 Å². The second-order valence-electron chi connectivity index (χ2n) is 13.3. The van der Waals surface area contributed by atoms with E-state index in [1.165, 1.54) is 152 Å². The SMILES string of the molecule is CCCCC(CCCC)(CCCC)CCCc1cccc(CCCC(CCCC)(CCCC)CCCC)c1O. The van der Waals surface area contributed by atoms with E-state index >= 15 is 0 Å². The van der Waals surface area contributed by atoms with Gasteiger partial charge in [-0.3, -0.25) is 0 Å². The van der Waals surface area contributed by atoms with Crippen molar-refractivity contribution in [3.63, 3.8) is 0 Å². The van der Waals surface area contributed by atoms with E-state index in [0.717, 1.165) is 12.8 Å². The summed E-state index contributed by atoms with van der Waals surface area (Å²) >= 11 is 0. The molecule has 39 heavy (non-hydrogen) atoms. The van der Waals surface area contributed by atoms with Crippen LogP contribution < -0.4 is 0 Å². The van der Waals surface area contributed by atoms with Crippen LogP contribution in [0.15, 0.2) is 18.2 Å². The van der Waals surface area contributed by atoms with Gasteiger partial charge in [-0.05, 0) is 99.0 Å². The highest BCUT2D eigenvalue weighted by Crippen LogP contribution is 2.43. The van der Waals surface area contributed by atoms with Gasteiger partial charge in [0.05, 0.1) is 0 Å². The normalized spacial score (nSPS) is 12.4. The fourth-order valence-corrected chi connectivity index (χ4v) is 7.17. The molecule has 0 amide bonds. The zero-order chi connectivity index (χ0) is 28.8. The molecule has 0 aliphatic rings. The highest BCUT2D eigenvalue weighted by molar-refractivity contribution is 5.40. The number of benzene rings is 1. The Morgan fingerprint density at radius 2 is 0.692 bits per heavy atom. The van der Waals surface area contributed by atoms with E-state index in [2.05, 4.69) is 59.7 Å². The molecule has 0 saturated heterocycles. The minimum Gasteiger partial charge on any atom is -0.507 e. The number of unbranched alkanes of at least 4 members (excludes halogenated alkanes) is 6. The van der Waals surface area contributed by atoms with Crippen molar-refractivity contribution in [1.82, 2.24) is 0 Å². The molecule has 1 aromatic carbocycles. The van der Waals surface area contributed by atoms with Crippen LogP contribution in [0.2, 0.25) is 0 Å². The Labute approximate surface area is 246 Å². The molecule has 0 unspecified atom stereocenters. The Balaban J connectivity index is 2.87. The third kappa shape index (κ3) is 14.0. The lowest BCUT2D eigenvalue weighted by Gasteiger charge is -2.35. The first-order chi connectivity index (χ1) is 18.9. The van der Waals surface area contributed by atoms with Crippen molar-refractivity contribution in [2.75, 3.05) is 0 Å². The van der Waals surface area contributed by atoms with Gasteiger partial charge in [0.25, 0.3) is 0 Å². The summed E-state index contributed by atoms with van der Waals surface area (Å²) in [6.45, 7) is 14.1. The molecule has 0 aliphatic carbocycles. The van der Waals surface area contributed by atoms with Gasteiger partial charge in [-0.1, -0.05) is 137 Å². The minimum absolute atomic E-state index is 0.522. The molecular formula is C38H70O. The van der Waals surface area contributed by atoms with Crippen molar-refractivity contribution >= 4 is 0 Å². The predicted molar refractivity (Wildman–Crippen MR) is 176 cm³/mol. The van der Waals surface area contributed by atoms with Crippen LogP contribution in [0.25, 0.3) is 0 Å². The molecular weight excluding hydrogens is 472 g/mol. The number of hydrogen-bond acceptors (Lipinski definition) is 1. The Kier molecular flexibility index (Phi) is 20.1. The fourth-order valence-electron chi connectivity index (χ4n) is 7.17. The number of para-hydroxylation sites is 1. The average Bonchev–Trinajstić information content (AvgIpc) is 2.95. The summed E-state index contributed by atoms with van der Waals surface area (Å²) in [5.74, 6) is 0.611. The van der Waals surface area contributed by atoms with Crippen LogP contribution in [0.4, 0.5) is 0 Å². The minimum atomic E-state index is 0.522. The lowest BCUT2D eigenvalue weighted by Crippen LogP contribution is -2.22. The lowest BCUT2D eigenvalue weighted by atomic mass is 9.71. The van der Waals surface area contributed by atoms with Crippen LogP contribution in [0.5, 0.6) is 5.75 Å².